The van der Waals surface area contributed by atoms with Crippen molar-refractivity contribution in [3.63, 3.8) is 0 Å². The van der Waals surface area contributed by atoms with Crippen LogP contribution in [-0.4, -0.2) is 28.7 Å². The Kier molecular flexibility index (Phi) is 6.68. The van der Waals surface area contributed by atoms with Crippen LogP contribution in [0.4, 0.5) is 5.69 Å². The summed E-state index contributed by atoms with van der Waals surface area (Å²) in [5, 5.41) is 14.3. The lowest BCUT2D eigenvalue weighted by Gasteiger charge is -2.11. The third-order valence-corrected chi connectivity index (χ3v) is 3.75. The highest BCUT2D eigenvalue weighted by molar-refractivity contribution is 7.80. The number of hydrogen-bond acceptors (Lipinski definition) is 4. The number of carboxylic acid groups (broad SMARTS) is 1. The van der Waals surface area contributed by atoms with Crippen molar-refractivity contribution < 1.29 is 19.4 Å². The van der Waals surface area contributed by atoms with Crippen molar-refractivity contribution >= 4 is 34.9 Å². The van der Waals surface area contributed by atoms with E-state index in [0.29, 0.717) is 22.9 Å². The normalized spacial score (nSPS) is 10.3. The van der Waals surface area contributed by atoms with E-state index in [1.807, 2.05) is 12.1 Å². The maximum absolute atomic E-state index is 12.2. The largest absolute Gasteiger partial charge is 0.482 e. The van der Waals surface area contributed by atoms with E-state index < -0.39 is 12.6 Å². The molecule has 2 rings (SSSR count). The van der Waals surface area contributed by atoms with Crippen LogP contribution in [0.15, 0.2) is 48.5 Å². The number of thiocarbonyl (C=S) groups is 1. The lowest BCUT2D eigenvalue weighted by molar-refractivity contribution is -0.139. The van der Waals surface area contributed by atoms with Crippen molar-refractivity contribution in [3.8, 4) is 5.75 Å². The summed E-state index contributed by atoms with van der Waals surface area (Å²) < 4.78 is 5.05. The van der Waals surface area contributed by atoms with E-state index in [4.69, 9.17) is 22.1 Å². The van der Waals surface area contributed by atoms with Gasteiger partial charge < -0.3 is 15.2 Å². The summed E-state index contributed by atoms with van der Waals surface area (Å²) in [7, 11) is 0. The van der Waals surface area contributed by atoms with E-state index in [9.17, 15) is 9.59 Å². The van der Waals surface area contributed by atoms with Gasteiger partial charge in [-0.1, -0.05) is 26.0 Å². The van der Waals surface area contributed by atoms with Gasteiger partial charge in [-0.05, 0) is 60.1 Å². The minimum atomic E-state index is -1.04. The van der Waals surface area contributed by atoms with Gasteiger partial charge in [0.05, 0.1) is 0 Å². The molecule has 0 unspecified atom stereocenters. The Hall–Kier alpha value is -2.93. The van der Waals surface area contributed by atoms with E-state index in [-0.39, 0.29) is 11.0 Å². The molecule has 0 spiro atoms. The molecular formula is C19H20N2O4S. The Morgan fingerprint density at radius 1 is 1.08 bits per heavy atom. The lowest BCUT2D eigenvalue weighted by Crippen LogP contribution is -2.34. The summed E-state index contributed by atoms with van der Waals surface area (Å²) in [4.78, 5) is 22.7. The Labute approximate surface area is 157 Å². The Morgan fingerprint density at radius 3 is 2.23 bits per heavy atom. The van der Waals surface area contributed by atoms with E-state index >= 15 is 0 Å². The fourth-order valence-electron chi connectivity index (χ4n) is 2.14. The maximum Gasteiger partial charge on any atom is 0.341 e. The molecule has 0 bridgehead atoms. The standard InChI is InChI=1S/C19H20N2O4S/c1-12(2)13-3-5-14(6-4-13)18(24)21-19(26)20-15-7-9-16(10-8-15)25-11-17(22)23/h3-10,12H,11H2,1-2H3,(H,22,23)(H2,20,21,24,26). The molecule has 0 aliphatic rings. The highest BCUT2D eigenvalue weighted by Crippen LogP contribution is 2.16. The molecule has 0 heterocycles. The monoisotopic (exact) mass is 372 g/mol. The summed E-state index contributed by atoms with van der Waals surface area (Å²) in [6.45, 7) is 3.77. The average molecular weight is 372 g/mol. The Bertz CT molecular complexity index is 786. The van der Waals surface area contributed by atoms with Crippen molar-refractivity contribution in [1.82, 2.24) is 5.32 Å². The number of hydrogen-bond donors (Lipinski definition) is 3. The van der Waals surface area contributed by atoms with Crippen LogP contribution in [0.5, 0.6) is 5.75 Å². The number of carbonyl (C=O) groups excluding carboxylic acids is 1. The minimum Gasteiger partial charge on any atom is -0.482 e. The molecule has 2 aromatic carbocycles. The second-order valence-corrected chi connectivity index (χ2v) is 6.30. The molecule has 0 saturated heterocycles. The van der Waals surface area contributed by atoms with Crippen molar-refractivity contribution in [3.05, 3.63) is 59.7 Å². The van der Waals surface area contributed by atoms with E-state index in [1.54, 1.807) is 36.4 Å². The topological polar surface area (TPSA) is 87.7 Å². The van der Waals surface area contributed by atoms with Gasteiger partial charge in [-0.3, -0.25) is 10.1 Å². The van der Waals surface area contributed by atoms with Crippen LogP contribution in [0.1, 0.15) is 35.7 Å². The molecule has 1 amide bonds. The Morgan fingerprint density at radius 2 is 1.69 bits per heavy atom. The first-order valence-electron chi connectivity index (χ1n) is 8.02. The van der Waals surface area contributed by atoms with E-state index in [0.717, 1.165) is 5.56 Å². The smallest absolute Gasteiger partial charge is 0.341 e. The lowest BCUT2D eigenvalue weighted by atomic mass is 10.0. The molecular weight excluding hydrogens is 352 g/mol. The van der Waals surface area contributed by atoms with Gasteiger partial charge in [0.15, 0.2) is 11.7 Å². The van der Waals surface area contributed by atoms with Crippen LogP contribution < -0.4 is 15.4 Å². The van der Waals surface area contributed by atoms with Gasteiger partial charge in [0.1, 0.15) is 5.75 Å². The zero-order chi connectivity index (χ0) is 19.1. The summed E-state index contributed by atoms with van der Waals surface area (Å²) in [6.07, 6.45) is 0. The van der Waals surface area contributed by atoms with Gasteiger partial charge in [-0.15, -0.1) is 0 Å². The number of carboxylic acids is 1. The number of ether oxygens (including phenoxy) is 1. The Balaban J connectivity index is 1.89. The number of nitrogens with one attached hydrogen (secondary N) is 2. The third kappa shape index (κ3) is 5.86. The molecule has 0 atom stereocenters. The number of benzene rings is 2. The van der Waals surface area contributed by atoms with Crippen molar-refractivity contribution in [1.29, 1.82) is 0 Å². The predicted molar refractivity (Wildman–Crippen MR) is 104 cm³/mol. The number of aliphatic carboxylic acids is 1. The second kappa shape index (κ2) is 8.96. The van der Waals surface area contributed by atoms with Crippen LogP contribution in [0.3, 0.4) is 0 Å². The molecule has 0 fully saturated rings. The van der Waals surface area contributed by atoms with Gasteiger partial charge in [0.2, 0.25) is 0 Å². The van der Waals surface area contributed by atoms with Crippen molar-refractivity contribution in [2.24, 2.45) is 0 Å². The molecule has 136 valence electrons. The van der Waals surface area contributed by atoms with Gasteiger partial charge in [0.25, 0.3) is 5.91 Å². The quantitative estimate of drug-likeness (QED) is 0.674. The molecule has 26 heavy (non-hydrogen) atoms. The fraction of sp³-hybridized carbons (Fsp3) is 0.211. The van der Waals surface area contributed by atoms with Crippen LogP contribution >= 0.6 is 12.2 Å². The number of rotatable bonds is 6. The molecule has 0 aromatic heterocycles. The van der Waals surface area contributed by atoms with Crippen LogP contribution in [0, 0.1) is 0 Å². The number of amides is 1. The minimum absolute atomic E-state index is 0.169. The van der Waals surface area contributed by atoms with E-state index in [1.165, 1.54) is 0 Å². The van der Waals surface area contributed by atoms with Crippen LogP contribution in [0.2, 0.25) is 0 Å². The highest BCUT2D eigenvalue weighted by atomic mass is 32.1. The SMILES string of the molecule is CC(C)c1ccc(C(=O)NC(=S)Nc2ccc(OCC(=O)O)cc2)cc1. The zero-order valence-electron chi connectivity index (χ0n) is 14.5. The highest BCUT2D eigenvalue weighted by Gasteiger charge is 2.09. The molecule has 3 N–H and O–H groups in total. The zero-order valence-corrected chi connectivity index (χ0v) is 15.3. The van der Waals surface area contributed by atoms with Crippen molar-refractivity contribution in [2.75, 3.05) is 11.9 Å². The fourth-order valence-corrected chi connectivity index (χ4v) is 2.35. The van der Waals surface area contributed by atoms with E-state index in [2.05, 4.69) is 24.5 Å². The molecule has 0 saturated carbocycles. The molecule has 0 aliphatic heterocycles. The summed E-state index contributed by atoms with van der Waals surface area (Å²) in [6, 6.07) is 13.9. The molecule has 0 aliphatic carbocycles. The number of carbonyl (C=O) groups is 2. The second-order valence-electron chi connectivity index (χ2n) is 5.89. The average Bonchev–Trinajstić information content (AvgIpc) is 2.61. The molecule has 7 heteroatoms. The van der Waals surface area contributed by atoms with Gasteiger partial charge in [-0.2, -0.15) is 0 Å². The summed E-state index contributed by atoms with van der Waals surface area (Å²) in [5.74, 6) is -0.507. The summed E-state index contributed by atoms with van der Waals surface area (Å²) in [5.41, 5.74) is 2.33. The maximum atomic E-state index is 12.2. The molecule has 0 radical (unpaired) electrons. The first-order chi connectivity index (χ1) is 12.3. The van der Waals surface area contributed by atoms with Gasteiger partial charge >= 0.3 is 5.97 Å². The van der Waals surface area contributed by atoms with Crippen LogP contribution in [0.25, 0.3) is 0 Å². The first-order valence-corrected chi connectivity index (χ1v) is 8.43. The predicted octanol–water partition coefficient (Wildman–Crippen LogP) is 3.40. The first kappa shape index (κ1) is 19.4. The van der Waals surface area contributed by atoms with Crippen LogP contribution in [-0.2, 0) is 4.79 Å². The molecule has 2 aromatic rings. The number of anilines is 1. The van der Waals surface area contributed by atoms with Crippen molar-refractivity contribution in [2.45, 2.75) is 19.8 Å². The molecule has 6 nitrogen and oxygen atoms in total. The summed E-state index contributed by atoms with van der Waals surface area (Å²) >= 11 is 5.15. The van der Waals surface area contributed by atoms with Gasteiger partial charge in [0, 0.05) is 11.3 Å². The third-order valence-electron chi connectivity index (χ3n) is 3.54. The van der Waals surface area contributed by atoms with Gasteiger partial charge in [-0.25, -0.2) is 4.79 Å².